The van der Waals surface area contributed by atoms with Gasteiger partial charge < -0.3 is 40.2 Å². The van der Waals surface area contributed by atoms with Gasteiger partial charge in [-0.05, 0) is 68.9 Å². The van der Waals surface area contributed by atoms with Crippen LogP contribution >= 0.6 is 22.9 Å². The van der Waals surface area contributed by atoms with Gasteiger partial charge in [-0.1, -0.05) is 38.4 Å². The molecule has 21 heteroatoms. The average molecular weight is 990 g/mol. The fraction of sp³-hybridized carbons (Fsp3) is 0.617. The summed E-state index contributed by atoms with van der Waals surface area (Å²) in [5.74, 6) is -1.18. The van der Waals surface area contributed by atoms with Gasteiger partial charge in [0.05, 0.1) is 24.3 Å². The van der Waals surface area contributed by atoms with E-state index >= 15 is 0 Å². The van der Waals surface area contributed by atoms with Crippen molar-refractivity contribution in [2.24, 2.45) is 23.2 Å². The monoisotopic (exact) mass is 988 g/mol. The number of ether oxygens (including phenoxy) is 3. The van der Waals surface area contributed by atoms with Crippen molar-refractivity contribution >= 4 is 62.8 Å². The van der Waals surface area contributed by atoms with Crippen LogP contribution in [0.1, 0.15) is 66.7 Å². The fourth-order valence-corrected chi connectivity index (χ4v) is 10.8. The maximum absolute atomic E-state index is 14.8. The van der Waals surface area contributed by atoms with Gasteiger partial charge in [-0.3, -0.25) is 19.4 Å². The third kappa shape index (κ3) is 11.2. The number of thiazole rings is 1. The van der Waals surface area contributed by atoms with Gasteiger partial charge in [-0.15, -0.1) is 17.9 Å². The zero-order valence-corrected chi connectivity index (χ0v) is 40.4. The molecule has 5 fully saturated rings. The Kier molecular flexibility index (Phi) is 14.2. The van der Waals surface area contributed by atoms with Gasteiger partial charge in [0.15, 0.2) is 5.13 Å². The van der Waals surface area contributed by atoms with Crippen LogP contribution < -0.4 is 25.4 Å². The summed E-state index contributed by atoms with van der Waals surface area (Å²) in [6.45, 7) is 14.2. The molecule has 1 unspecified atom stereocenters. The number of likely N-dealkylation sites (tertiary alicyclic amines) is 1. The molecule has 4 heterocycles. The normalized spacial score (nSPS) is 26.5. The van der Waals surface area contributed by atoms with Crippen LogP contribution in [0.5, 0.6) is 11.5 Å². The molecule has 3 saturated carbocycles. The highest BCUT2D eigenvalue weighted by Crippen LogP contribution is 2.52. The molecule has 0 bridgehead atoms. The minimum absolute atomic E-state index is 0.0319. The number of aliphatic carboxylic acids is 1. The van der Waals surface area contributed by atoms with Crippen molar-refractivity contribution in [3.05, 3.63) is 41.3 Å². The molecule has 1 aromatic carbocycles. The Bertz CT molecular complexity index is 2400. The number of carboxylic acids is 1. The number of rotatable bonds is 17. The van der Waals surface area contributed by atoms with Gasteiger partial charge in [0.25, 0.3) is 0 Å². The summed E-state index contributed by atoms with van der Waals surface area (Å²) in [4.78, 5) is 69.5. The zero-order chi connectivity index (χ0) is 48.9. The summed E-state index contributed by atoms with van der Waals surface area (Å²) < 4.78 is 57.5. The first-order valence-electron chi connectivity index (χ1n) is 23.2. The molecule has 0 radical (unpaired) electrons. The molecule has 68 heavy (non-hydrogen) atoms. The molecule has 3 aromatic rings. The SMILES string of the molecule is C=C[C@@H]1C[C@]1(NC(=O)[C@@H]1C[C@@H](Oc2cc(-c3csc(NC(C)C)n3)nc3c(Cl)c(OCCN4CCN(CC(F)(F)F)CC4)ccc23)CN1C(=O)[C@@H](NC(=O)OC1C[C@@H]2C[C@@H]2C1)C(C)(C)C)C(=O)O. The average Bonchev–Trinajstić information content (AvgIpc) is 3.93. The van der Waals surface area contributed by atoms with Crippen molar-refractivity contribution in [2.75, 3.05) is 57.7 Å². The molecule has 2 aromatic heterocycles. The predicted molar refractivity (Wildman–Crippen MR) is 250 cm³/mol. The van der Waals surface area contributed by atoms with Crippen LogP contribution in [0.2, 0.25) is 5.02 Å². The maximum atomic E-state index is 14.8. The Labute approximate surface area is 402 Å². The first kappa shape index (κ1) is 49.5. The van der Waals surface area contributed by atoms with Gasteiger partial charge in [0, 0.05) is 67.9 Å². The molecule has 370 valence electrons. The number of hydrogen-bond acceptors (Lipinski definition) is 13. The molecule has 8 atom stereocenters. The van der Waals surface area contributed by atoms with E-state index in [9.17, 15) is 37.5 Å². The number of nitrogens with zero attached hydrogens (tertiary/aromatic N) is 5. The van der Waals surface area contributed by atoms with Crippen molar-refractivity contribution in [3.63, 3.8) is 0 Å². The Hall–Kier alpha value is -4.92. The lowest BCUT2D eigenvalue weighted by Crippen LogP contribution is -2.59. The molecule has 3 amide bonds. The second kappa shape index (κ2) is 19.5. The number of alkyl carbamates (subject to hydrolysis) is 1. The third-order valence-corrected chi connectivity index (χ3v) is 14.7. The lowest BCUT2D eigenvalue weighted by Gasteiger charge is -2.35. The standard InChI is InChI=1S/C47H60ClF3N8O8S/c1-7-28-21-46(28,42(62)63)56-40(60)34-19-30(22-59(34)41(61)39(45(4,5)6)55-44(64)67-29-17-26-16-27(26)18-29)66-36-20-32(33-23-68-43(54-33)52-25(2)3)53-38-31(36)8-9-35(37(38)48)65-15-14-57-10-12-58(13-11-57)24-47(49,50)51/h7-9,20,23,25-30,34,39H,1,10-19,21-22,24H2,2-6H3,(H,52,54)(H,55,64)(H,56,60)(H,62,63)/t26-,27+,28-,29?,30-,34+,39-,46-/m1/s1. The number of amides is 3. The smallest absolute Gasteiger partial charge is 0.408 e. The number of fused-ring (bicyclic) bond motifs is 2. The Morgan fingerprint density at radius 2 is 1.71 bits per heavy atom. The van der Waals surface area contributed by atoms with Crippen LogP contribution in [0.15, 0.2) is 36.2 Å². The number of piperazine rings is 1. The maximum Gasteiger partial charge on any atom is 0.408 e. The van der Waals surface area contributed by atoms with E-state index in [1.165, 1.54) is 27.2 Å². The van der Waals surface area contributed by atoms with Crippen molar-refractivity contribution in [1.29, 1.82) is 0 Å². The number of alkyl halides is 3. The number of aromatic nitrogens is 2. The largest absolute Gasteiger partial charge is 0.491 e. The number of carbonyl (C=O) groups excluding carboxylic acids is 3. The van der Waals surface area contributed by atoms with E-state index in [1.807, 2.05) is 24.1 Å². The molecule has 5 aliphatic rings. The Morgan fingerprint density at radius 3 is 2.34 bits per heavy atom. The van der Waals surface area contributed by atoms with E-state index in [-0.39, 0.29) is 56.3 Å². The summed E-state index contributed by atoms with van der Waals surface area (Å²) in [7, 11) is 0. The summed E-state index contributed by atoms with van der Waals surface area (Å²) in [5.41, 5.74) is -1.14. The molecule has 16 nitrogen and oxygen atoms in total. The quantitative estimate of drug-likeness (QED) is 0.103. The van der Waals surface area contributed by atoms with E-state index < -0.39 is 71.7 Å². The highest BCUT2D eigenvalue weighted by molar-refractivity contribution is 7.14. The number of benzene rings is 1. The fourth-order valence-electron chi connectivity index (χ4n) is 9.71. The molecular formula is C47H60ClF3N8O8S. The number of pyridine rings is 1. The van der Waals surface area contributed by atoms with Gasteiger partial charge in [-0.25, -0.2) is 19.6 Å². The van der Waals surface area contributed by atoms with Crippen molar-refractivity contribution in [2.45, 2.75) is 109 Å². The number of nitrogens with one attached hydrogen (secondary N) is 3. The van der Waals surface area contributed by atoms with Crippen LogP contribution in [-0.2, 0) is 19.1 Å². The van der Waals surface area contributed by atoms with Gasteiger partial charge >= 0.3 is 18.2 Å². The predicted octanol–water partition coefficient (Wildman–Crippen LogP) is 6.82. The molecule has 0 spiro atoms. The highest BCUT2D eigenvalue weighted by Gasteiger charge is 2.61. The number of halogens is 4. The number of hydrogen-bond donors (Lipinski definition) is 4. The van der Waals surface area contributed by atoms with E-state index in [1.54, 1.807) is 39.0 Å². The molecule has 3 aliphatic carbocycles. The van der Waals surface area contributed by atoms with Crippen molar-refractivity contribution in [3.8, 4) is 22.9 Å². The van der Waals surface area contributed by atoms with E-state index in [0.29, 0.717) is 70.4 Å². The minimum Gasteiger partial charge on any atom is -0.491 e. The molecule has 8 rings (SSSR count). The van der Waals surface area contributed by atoms with Gasteiger partial charge in [-0.2, -0.15) is 13.2 Å². The first-order chi connectivity index (χ1) is 32.1. The first-order valence-corrected chi connectivity index (χ1v) is 24.5. The number of anilines is 1. The highest BCUT2D eigenvalue weighted by atomic mass is 35.5. The zero-order valence-electron chi connectivity index (χ0n) is 38.9. The third-order valence-electron chi connectivity index (χ3n) is 13.6. The second-order valence-electron chi connectivity index (χ2n) is 20.2. The van der Waals surface area contributed by atoms with Crippen LogP contribution in [-0.4, -0.2) is 148 Å². The van der Waals surface area contributed by atoms with Crippen molar-refractivity contribution in [1.82, 2.24) is 35.3 Å². The topological polar surface area (TPSA) is 188 Å². The molecule has 4 N–H and O–H groups in total. The lowest BCUT2D eigenvalue weighted by atomic mass is 9.85. The van der Waals surface area contributed by atoms with Crippen molar-refractivity contribution < 1.29 is 51.7 Å². The van der Waals surface area contributed by atoms with Crippen LogP contribution in [0.4, 0.5) is 23.1 Å². The van der Waals surface area contributed by atoms with E-state index in [4.69, 9.17) is 35.8 Å². The molecular weight excluding hydrogens is 929 g/mol. The van der Waals surface area contributed by atoms with Crippen LogP contribution in [0, 0.1) is 23.2 Å². The number of carboxylic acid groups (broad SMARTS) is 1. The van der Waals surface area contributed by atoms with E-state index in [2.05, 4.69) is 22.5 Å². The van der Waals surface area contributed by atoms with Crippen LogP contribution in [0.3, 0.4) is 0 Å². The minimum atomic E-state index is -4.25. The van der Waals surface area contributed by atoms with Gasteiger partial charge in [0.1, 0.15) is 58.7 Å². The lowest BCUT2D eigenvalue weighted by molar-refractivity contribution is -0.149. The summed E-state index contributed by atoms with van der Waals surface area (Å²) >= 11 is 8.48. The second-order valence-corrected chi connectivity index (χ2v) is 21.4. The Balaban J connectivity index is 1.06. The summed E-state index contributed by atoms with van der Waals surface area (Å²) in [6.07, 6.45) is -1.70. The number of carbonyl (C=O) groups is 4. The molecule has 2 aliphatic heterocycles. The summed E-state index contributed by atoms with van der Waals surface area (Å²) in [6, 6.07) is 2.93. The van der Waals surface area contributed by atoms with E-state index in [0.717, 1.165) is 19.3 Å². The summed E-state index contributed by atoms with van der Waals surface area (Å²) in [5, 5.41) is 22.2. The Morgan fingerprint density at radius 1 is 1.00 bits per heavy atom. The van der Waals surface area contributed by atoms with Crippen LogP contribution in [0.25, 0.3) is 22.3 Å². The molecule has 2 saturated heterocycles. The van der Waals surface area contributed by atoms with Gasteiger partial charge in [0.2, 0.25) is 11.8 Å².